The van der Waals surface area contributed by atoms with Crippen LogP contribution in [0.4, 0.5) is 19.1 Å². The average Bonchev–Trinajstić information content (AvgIpc) is 3.13. The van der Waals surface area contributed by atoms with Crippen molar-refractivity contribution in [1.82, 2.24) is 35.4 Å². The van der Waals surface area contributed by atoms with E-state index in [4.69, 9.17) is 0 Å². The summed E-state index contributed by atoms with van der Waals surface area (Å²) in [6.07, 6.45) is -1.67. The molecule has 172 valence electrons. The van der Waals surface area contributed by atoms with Gasteiger partial charge < -0.3 is 16.0 Å². The van der Waals surface area contributed by atoms with Crippen molar-refractivity contribution in [2.24, 2.45) is 4.99 Å². The van der Waals surface area contributed by atoms with E-state index < -0.39 is 11.9 Å². The number of rotatable bonds is 6. The highest BCUT2D eigenvalue weighted by atomic mass is 127. The zero-order valence-electron chi connectivity index (χ0n) is 17.6. The molecular weight excluding hydrogens is 526 g/mol. The highest BCUT2D eigenvalue weighted by Gasteiger charge is 2.32. The minimum Gasteiger partial charge on any atom is -0.355 e. The molecule has 0 amide bonds. The van der Waals surface area contributed by atoms with Gasteiger partial charge in [0, 0.05) is 44.7 Å². The molecule has 3 heterocycles. The smallest absolute Gasteiger partial charge is 0.355 e. The van der Waals surface area contributed by atoms with Crippen molar-refractivity contribution >= 4 is 35.9 Å². The van der Waals surface area contributed by atoms with E-state index in [1.54, 1.807) is 7.05 Å². The molecule has 0 aliphatic carbocycles. The lowest BCUT2D eigenvalue weighted by atomic mass is 10.1. The predicted molar refractivity (Wildman–Crippen MR) is 122 cm³/mol. The number of nitrogens with one attached hydrogen (secondary N) is 3. The van der Waals surface area contributed by atoms with Crippen LogP contribution in [0.2, 0.25) is 0 Å². The highest BCUT2D eigenvalue weighted by Crippen LogP contribution is 2.27. The molecule has 0 spiro atoms. The molecule has 3 N–H and O–H groups in total. The minimum atomic E-state index is -4.50. The first kappa shape index (κ1) is 25.1. The van der Waals surface area contributed by atoms with Crippen molar-refractivity contribution in [1.29, 1.82) is 0 Å². The monoisotopic (exact) mass is 553 g/mol. The molecule has 3 rings (SSSR count). The van der Waals surface area contributed by atoms with Crippen LogP contribution in [-0.4, -0.2) is 56.9 Å². The van der Waals surface area contributed by atoms with Crippen LogP contribution in [0.1, 0.15) is 43.5 Å². The number of fused-ring (bicyclic) bond motifs is 1. The van der Waals surface area contributed by atoms with Crippen LogP contribution < -0.4 is 16.0 Å². The molecule has 1 atom stereocenters. The van der Waals surface area contributed by atoms with Crippen molar-refractivity contribution in [3.8, 4) is 0 Å². The summed E-state index contributed by atoms with van der Waals surface area (Å²) in [5.41, 5.74) is -0.976. The maximum atomic E-state index is 12.7. The van der Waals surface area contributed by atoms with Gasteiger partial charge in [0.1, 0.15) is 11.5 Å². The molecule has 1 aliphatic heterocycles. The molecule has 0 saturated heterocycles. The summed E-state index contributed by atoms with van der Waals surface area (Å²) in [7, 11) is 1.67. The van der Waals surface area contributed by atoms with Gasteiger partial charge in [0.2, 0.25) is 5.95 Å². The van der Waals surface area contributed by atoms with Gasteiger partial charge in [-0.05, 0) is 12.5 Å². The molecule has 1 unspecified atom stereocenters. The number of aryl methyl sites for hydroxylation is 1. The number of hydrogen-bond donors (Lipinski definition) is 3. The highest BCUT2D eigenvalue weighted by molar-refractivity contribution is 14.0. The summed E-state index contributed by atoms with van der Waals surface area (Å²) in [5.74, 6) is 2.69. The van der Waals surface area contributed by atoms with E-state index in [2.05, 4.69) is 54.8 Å². The van der Waals surface area contributed by atoms with Crippen LogP contribution >= 0.6 is 24.0 Å². The summed E-state index contributed by atoms with van der Waals surface area (Å²) in [4.78, 5) is 16.1. The second-order valence-corrected chi connectivity index (χ2v) is 7.29. The summed E-state index contributed by atoms with van der Waals surface area (Å²) < 4.78 is 40.0. The van der Waals surface area contributed by atoms with Crippen molar-refractivity contribution in [2.45, 2.75) is 51.4 Å². The first-order valence-corrected chi connectivity index (χ1v) is 9.81. The van der Waals surface area contributed by atoms with E-state index in [1.165, 1.54) is 0 Å². The van der Waals surface area contributed by atoms with Crippen LogP contribution in [0, 0.1) is 0 Å². The molecule has 13 heteroatoms. The molecule has 0 fully saturated rings. The normalized spacial score (nSPS) is 16.5. The lowest BCUT2D eigenvalue weighted by Crippen LogP contribution is -2.48. The summed E-state index contributed by atoms with van der Waals surface area (Å²) in [6.45, 7) is 5.60. The Hall–Kier alpha value is -2.19. The maximum Gasteiger partial charge on any atom is 0.433 e. The first-order valence-electron chi connectivity index (χ1n) is 9.81. The van der Waals surface area contributed by atoms with Gasteiger partial charge in [-0.15, -0.1) is 24.0 Å². The molecule has 0 bridgehead atoms. The molecule has 0 aromatic carbocycles. The topological polar surface area (TPSA) is 105 Å². The van der Waals surface area contributed by atoms with Crippen LogP contribution in [0.5, 0.6) is 0 Å². The van der Waals surface area contributed by atoms with Crippen molar-refractivity contribution in [3.05, 3.63) is 29.6 Å². The van der Waals surface area contributed by atoms with Gasteiger partial charge in [-0.3, -0.25) is 4.99 Å². The Labute approximate surface area is 195 Å². The number of halogens is 4. The Kier molecular flexibility index (Phi) is 8.82. The summed E-state index contributed by atoms with van der Waals surface area (Å²) in [5, 5.41) is 13.8. The Morgan fingerprint density at radius 1 is 1.29 bits per heavy atom. The van der Waals surface area contributed by atoms with E-state index in [0.717, 1.165) is 36.8 Å². The Morgan fingerprint density at radius 2 is 2.06 bits per heavy atom. The molecular formula is C18H27F3IN9. The second kappa shape index (κ2) is 10.9. The van der Waals surface area contributed by atoms with Crippen LogP contribution in [0.3, 0.4) is 0 Å². The van der Waals surface area contributed by atoms with Crippen LogP contribution in [-0.2, 0) is 19.1 Å². The number of anilines is 1. The third kappa shape index (κ3) is 6.90. The van der Waals surface area contributed by atoms with Gasteiger partial charge in [0.25, 0.3) is 0 Å². The number of alkyl halides is 3. The first-order chi connectivity index (χ1) is 14.3. The van der Waals surface area contributed by atoms with E-state index in [-0.39, 0.29) is 41.9 Å². The number of aliphatic imine (C=N–C) groups is 1. The number of hydrogen-bond acceptors (Lipinski definition) is 6. The number of aromatic nitrogens is 5. The summed E-state index contributed by atoms with van der Waals surface area (Å²) >= 11 is 0. The molecule has 1 aliphatic rings. The SMILES string of the molecule is CN=C(NCCNc1nccc(C(F)(F)F)n1)NC1CCc2nc(C(C)C)nn2C1.I. The van der Waals surface area contributed by atoms with Crippen molar-refractivity contribution < 1.29 is 13.2 Å². The summed E-state index contributed by atoms with van der Waals surface area (Å²) in [6, 6.07) is 0.995. The second-order valence-electron chi connectivity index (χ2n) is 7.29. The van der Waals surface area contributed by atoms with Crippen LogP contribution in [0.15, 0.2) is 17.3 Å². The lowest BCUT2D eigenvalue weighted by Gasteiger charge is -2.25. The van der Waals surface area contributed by atoms with E-state index in [9.17, 15) is 13.2 Å². The zero-order valence-corrected chi connectivity index (χ0v) is 19.9. The average molecular weight is 553 g/mol. The number of nitrogens with zero attached hydrogens (tertiary/aromatic N) is 6. The molecule has 0 saturated carbocycles. The molecule has 2 aromatic heterocycles. The largest absolute Gasteiger partial charge is 0.433 e. The fourth-order valence-corrected chi connectivity index (χ4v) is 3.04. The van der Waals surface area contributed by atoms with E-state index >= 15 is 0 Å². The fourth-order valence-electron chi connectivity index (χ4n) is 3.04. The van der Waals surface area contributed by atoms with Crippen molar-refractivity contribution in [3.63, 3.8) is 0 Å². The third-order valence-corrected chi connectivity index (χ3v) is 4.60. The van der Waals surface area contributed by atoms with Gasteiger partial charge in [0.05, 0.1) is 6.54 Å². The van der Waals surface area contributed by atoms with Gasteiger partial charge in [-0.25, -0.2) is 19.6 Å². The van der Waals surface area contributed by atoms with Gasteiger partial charge in [0.15, 0.2) is 11.8 Å². The molecule has 31 heavy (non-hydrogen) atoms. The third-order valence-electron chi connectivity index (χ3n) is 4.60. The van der Waals surface area contributed by atoms with Gasteiger partial charge in [-0.2, -0.15) is 18.3 Å². The quantitative estimate of drug-likeness (QED) is 0.219. The Balaban J connectivity index is 0.00000341. The maximum absolute atomic E-state index is 12.7. The zero-order chi connectivity index (χ0) is 21.7. The Bertz CT molecular complexity index is 882. The molecule has 2 aromatic rings. The van der Waals surface area contributed by atoms with E-state index in [0.29, 0.717) is 25.6 Å². The number of guanidine groups is 1. The fraction of sp³-hybridized carbons (Fsp3) is 0.611. The van der Waals surface area contributed by atoms with Crippen LogP contribution in [0.25, 0.3) is 0 Å². The van der Waals surface area contributed by atoms with Crippen molar-refractivity contribution in [2.75, 3.05) is 25.5 Å². The molecule has 0 radical (unpaired) electrons. The lowest BCUT2D eigenvalue weighted by molar-refractivity contribution is -0.141. The minimum absolute atomic E-state index is 0. The van der Waals surface area contributed by atoms with E-state index in [1.807, 2.05) is 4.68 Å². The van der Waals surface area contributed by atoms with Gasteiger partial charge >= 0.3 is 6.18 Å². The predicted octanol–water partition coefficient (Wildman–Crippen LogP) is 2.42. The Morgan fingerprint density at radius 3 is 2.74 bits per heavy atom. The van der Waals surface area contributed by atoms with Gasteiger partial charge in [-0.1, -0.05) is 13.8 Å². The molecule has 9 nitrogen and oxygen atoms in total. The standard InChI is InChI=1S/C18H26F3N9.HI/c1-11(2)15-28-14-5-4-12(10-30(14)29-15)26-16(22-3)24-8-9-25-17-23-7-6-13(27-17)18(19,20)21;/h6-7,11-12H,4-5,8-10H2,1-3H3,(H2,22,24,26)(H,23,25,27);1H.